The molecule has 6 nitrogen and oxygen atoms in total. The number of hydrogen-bond donors (Lipinski definition) is 1. The number of hydrogen-bond acceptors (Lipinski definition) is 4. The summed E-state index contributed by atoms with van der Waals surface area (Å²) in [6.45, 7) is 10.8. The van der Waals surface area contributed by atoms with Gasteiger partial charge in [-0.2, -0.15) is 0 Å². The third kappa shape index (κ3) is 4.30. The van der Waals surface area contributed by atoms with Crippen LogP contribution in [0.5, 0.6) is 0 Å². The molecule has 6 heteroatoms. The number of nitrogen functional groups attached to an aromatic ring is 1. The largest absolute Gasteiger partial charge is 0.396 e. The maximum atomic E-state index is 6.17. The fourth-order valence-electron chi connectivity index (χ4n) is 4.56. The van der Waals surface area contributed by atoms with E-state index in [-0.39, 0.29) is 1.43 Å². The van der Waals surface area contributed by atoms with E-state index in [2.05, 4.69) is 77.8 Å². The van der Waals surface area contributed by atoms with E-state index in [1.165, 1.54) is 30.6 Å². The second-order valence-electron chi connectivity index (χ2n) is 9.09. The number of benzene rings is 1. The summed E-state index contributed by atoms with van der Waals surface area (Å²) in [5.74, 6) is 1.81. The summed E-state index contributed by atoms with van der Waals surface area (Å²) in [5.41, 5.74) is 12.2. The molecule has 1 aliphatic heterocycles. The molecule has 5 rings (SSSR count). The van der Waals surface area contributed by atoms with E-state index < -0.39 is 0 Å². The van der Waals surface area contributed by atoms with Gasteiger partial charge in [0.1, 0.15) is 5.82 Å². The number of rotatable bonds is 2. The van der Waals surface area contributed by atoms with Gasteiger partial charge in [0.25, 0.3) is 0 Å². The van der Waals surface area contributed by atoms with Crippen molar-refractivity contribution in [3.63, 3.8) is 0 Å². The van der Waals surface area contributed by atoms with Crippen LogP contribution < -0.4 is 5.73 Å². The fraction of sp³-hybridized carbons (Fsp3) is 0.440. The number of nitrogens with zero attached hydrogens (tertiary/aromatic N) is 5. The Morgan fingerprint density at radius 1 is 1.06 bits per heavy atom. The Balaban J connectivity index is 0.000000246. The Morgan fingerprint density at radius 2 is 1.81 bits per heavy atom. The Morgan fingerprint density at radius 3 is 2.48 bits per heavy atom. The fourth-order valence-corrected chi connectivity index (χ4v) is 4.56. The quantitative estimate of drug-likeness (QED) is 0.500. The molecule has 3 aromatic heterocycles. The third-order valence-corrected chi connectivity index (χ3v) is 6.59. The normalized spacial score (nSPS) is 19.5. The number of piperidine rings is 1. The average Bonchev–Trinajstić information content (AvgIpc) is 3.28. The predicted octanol–water partition coefficient (Wildman–Crippen LogP) is 4.91. The number of nitrogens with two attached hydrogens (primary N) is 1. The lowest BCUT2D eigenvalue weighted by atomic mass is 9.94. The van der Waals surface area contributed by atoms with Crippen LogP contribution in [0.15, 0.2) is 42.5 Å². The molecule has 31 heavy (non-hydrogen) atoms. The third-order valence-electron chi connectivity index (χ3n) is 6.59. The predicted molar refractivity (Wildman–Crippen MR) is 131 cm³/mol. The average molecular weight is 421 g/mol. The first-order chi connectivity index (χ1) is 14.8. The summed E-state index contributed by atoms with van der Waals surface area (Å²) >= 11 is 0. The first-order valence-electron chi connectivity index (χ1n) is 11.2. The Bertz CT molecular complexity index is 1180. The molecule has 0 radical (unpaired) electrons. The summed E-state index contributed by atoms with van der Waals surface area (Å²) in [7, 11) is 2.22. The number of fused-ring (bicyclic) bond motifs is 3. The zero-order valence-electron chi connectivity index (χ0n) is 19.3. The number of aromatic nitrogens is 4. The van der Waals surface area contributed by atoms with E-state index in [1.807, 2.05) is 23.5 Å². The molecule has 1 saturated heterocycles. The Hall–Kier alpha value is -2.86. The lowest BCUT2D eigenvalue weighted by Crippen LogP contribution is -2.36. The first-order valence-corrected chi connectivity index (χ1v) is 11.2. The maximum Gasteiger partial charge on any atom is 0.184 e. The van der Waals surface area contributed by atoms with Gasteiger partial charge in [0.2, 0.25) is 0 Å². The number of anilines is 1. The highest BCUT2D eigenvalue weighted by molar-refractivity contribution is 5.87. The minimum Gasteiger partial charge on any atom is -0.396 e. The van der Waals surface area contributed by atoms with Gasteiger partial charge >= 0.3 is 0 Å². The molecule has 2 atom stereocenters. The van der Waals surface area contributed by atoms with Crippen LogP contribution in [0.2, 0.25) is 0 Å². The SMILES string of the molecule is CC1CCN(C)C(C)C1.Cc1cc2c(cc(N)c3nnc(C)n32)n1Cc1ccccc1.[HH]. The van der Waals surface area contributed by atoms with Gasteiger partial charge in [0.05, 0.1) is 16.7 Å². The van der Waals surface area contributed by atoms with E-state index in [9.17, 15) is 0 Å². The molecule has 2 unspecified atom stereocenters. The molecular weight excluding hydrogens is 384 g/mol. The summed E-state index contributed by atoms with van der Waals surface area (Å²) in [4.78, 5) is 2.44. The standard InChI is InChI=1S/C17H17N5.C8H17N.H2/c1-11-8-16-15(21(11)10-13-6-4-3-5-7-13)9-14(18)17-20-19-12(2)22(16)17;1-7-4-5-9(3)8(2)6-7;/h3-9H,10,18H2,1-2H3;7-8H,4-6H2,1-3H3;1H. The van der Waals surface area contributed by atoms with Crippen LogP contribution in [0.25, 0.3) is 16.7 Å². The van der Waals surface area contributed by atoms with Gasteiger partial charge in [-0.1, -0.05) is 37.3 Å². The van der Waals surface area contributed by atoms with Crippen LogP contribution in [0.3, 0.4) is 0 Å². The van der Waals surface area contributed by atoms with Gasteiger partial charge in [-0.05, 0) is 70.8 Å². The minimum absolute atomic E-state index is 0. The number of aryl methyl sites for hydroxylation is 2. The smallest absolute Gasteiger partial charge is 0.184 e. The second kappa shape index (κ2) is 8.71. The van der Waals surface area contributed by atoms with Crippen molar-refractivity contribution in [2.45, 2.75) is 53.1 Å². The van der Waals surface area contributed by atoms with Crippen LogP contribution in [0.1, 0.15) is 45.2 Å². The molecular formula is C25H36N6. The molecule has 4 heterocycles. The highest BCUT2D eigenvalue weighted by atomic mass is 15.3. The van der Waals surface area contributed by atoms with E-state index in [0.717, 1.165) is 41.0 Å². The van der Waals surface area contributed by atoms with Crippen LogP contribution in [-0.2, 0) is 6.54 Å². The highest BCUT2D eigenvalue weighted by Gasteiger charge is 2.18. The van der Waals surface area contributed by atoms with Gasteiger partial charge in [-0.15, -0.1) is 10.2 Å². The van der Waals surface area contributed by atoms with Crippen molar-refractivity contribution < 1.29 is 1.43 Å². The van der Waals surface area contributed by atoms with Gasteiger partial charge < -0.3 is 15.2 Å². The Labute approximate surface area is 186 Å². The summed E-state index contributed by atoms with van der Waals surface area (Å²) in [6, 6.07) is 15.4. The molecule has 166 valence electrons. The van der Waals surface area contributed by atoms with Crippen molar-refractivity contribution in [1.82, 2.24) is 24.1 Å². The van der Waals surface area contributed by atoms with Crippen molar-refractivity contribution >= 4 is 22.4 Å². The molecule has 0 amide bonds. The first kappa shape index (κ1) is 21.4. The Kier molecular flexibility index (Phi) is 6.01. The van der Waals surface area contributed by atoms with Crippen molar-refractivity contribution in [2.24, 2.45) is 5.92 Å². The monoisotopic (exact) mass is 420 g/mol. The van der Waals surface area contributed by atoms with Crippen molar-refractivity contribution in [1.29, 1.82) is 0 Å². The topological polar surface area (TPSA) is 64.4 Å². The zero-order valence-corrected chi connectivity index (χ0v) is 19.3. The molecule has 0 spiro atoms. The minimum atomic E-state index is 0. The maximum absolute atomic E-state index is 6.17. The summed E-state index contributed by atoms with van der Waals surface area (Å²) in [6.07, 6.45) is 2.78. The molecule has 0 aliphatic carbocycles. The molecule has 2 N–H and O–H groups in total. The molecule has 1 aromatic carbocycles. The summed E-state index contributed by atoms with van der Waals surface area (Å²) in [5, 5.41) is 8.32. The van der Waals surface area contributed by atoms with Crippen LogP contribution >= 0.6 is 0 Å². The second-order valence-corrected chi connectivity index (χ2v) is 9.09. The van der Waals surface area contributed by atoms with Gasteiger partial charge in [-0.25, -0.2) is 0 Å². The van der Waals surface area contributed by atoms with Gasteiger partial charge in [0, 0.05) is 19.7 Å². The summed E-state index contributed by atoms with van der Waals surface area (Å²) < 4.78 is 4.30. The van der Waals surface area contributed by atoms with E-state index in [1.54, 1.807) is 0 Å². The van der Waals surface area contributed by atoms with Gasteiger partial charge in [-0.3, -0.25) is 4.40 Å². The van der Waals surface area contributed by atoms with Crippen LogP contribution in [-0.4, -0.2) is 43.7 Å². The molecule has 4 aromatic rings. The number of pyridine rings is 1. The molecule has 1 fully saturated rings. The molecule has 1 aliphatic rings. The molecule has 0 saturated carbocycles. The molecule has 0 bridgehead atoms. The number of likely N-dealkylation sites (tertiary alicyclic amines) is 1. The van der Waals surface area contributed by atoms with Crippen molar-refractivity contribution in [3.05, 3.63) is 59.5 Å². The van der Waals surface area contributed by atoms with Crippen LogP contribution in [0.4, 0.5) is 5.69 Å². The lowest BCUT2D eigenvalue weighted by molar-refractivity contribution is 0.162. The van der Waals surface area contributed by atoms with E-state index in [4.69, 9.17) is 5.73 Å². The van der Waals surface area contributed by atoms with Crippen LogP contribution in [0, 0.1) is 19.8 Å². The van der Waals surface area contributed by atoms with Crippen molar-refractivity contribution in [2.75, 3.05) is 19.3 Å². The highest BCUT2D eigenvalue weighted by Crippen LogP contribution is 2.27. The zero-order chi connectivity index (χ0) is 22.1. The van der Waals surface area contributed by atoms with E-state index >= 15 is 0 Å². The lowest BCUT2D eigenvalue weighted by Gasteiger charge is -2.33. The van der Waals surface area contributed by atoms with E-state index in [0.29, 0.717) is 5.69 Å². The van der Waals surface area contributed by atoms with Gasteiger partial charge in [0.15, 0.2) is 5.65 Å². The van der Waals surface area contributed by atoms with Crippen molar-refractivity contribution in [3.8, 4) is 0 Å².